The van der Waals surface area contributed by atoms with E-state index in [1.807, 2.05) is 6.92 Å². The van der Waals surface area contributed by atoms with Gasteiger partial charge >= 0.3 is 0 Å². The minimum Gasteiger partial charge on any atom is -0.369 e. The molecule has 2 N–H and O–H groups in total. The van der Waals surface area contributed by atoms with Crippen LogP contribution in [0.1, 0.15) is 17.3 Å². The van der Waals surface area contributed by atoms with Gasteiger partial charge in [-0.25, -0.2) is 4.98 Å². The highest BCUT2D eigenvalue weighted by Crippen LogP contribution is 2.11. The third-order valence-electron chi connectivity index (χ3n) is 2.41. The smallest absolute Gasteiger partial charge is 0.224 e. The second-order valence-electron chi connectivity index (χ2n) is 3.88. The molecule has 0 bridgehead atoms. The minimum atomic E-state index is 0.584. The fraction of sp³-hybridized carbons (Fsp3) is 0.455. The van der Waals surface area contributed by atoms with Crippen molar-refractivity contribution in [3.8, 4) is 0 Å². The molecule has 0 spiro atoms. The van der Waals surface area contributed by atoms with Crippen LogP contribution in [0.15, 0.2) is 10.7 Å². The van der Waals surface area contributed by atoms with Crippen LogP contribution in [0.5, 0.6) is 0 Å². The molecule has 0 aliphatic rings. The number of nitrogens with one attached hydrogen (secondary N) is 2. The Labute approximate surface area is 105 Å². The van der Waals surface area contributed by atoms with Crippen LogP contribution in [0.2, 0.25) is 0 Å². The molecular formula is C11H16N6O. The highest BCUT2D eigenvalue weighted by Gasteiger charge is 2.04. The monoisotopic (exact) mass is 248 g/mol. The van der Waals surface area contributed by atoms with Crippen LogP contribution >= 0.6 is 0 Å². The Morgan fingerprint density at radius 1 is 1.28 bits per heavy atom. The Morgan fingerprint density at radius 3 is 2.78 bits per heavy atom. The Bertz CT molecular complexity index is 524. The molecule has 0 saturated carbocycles. The lowest BCUT2D eigenvalue weighted by Crippen LogP contribution is -2.10. The van der Waals surface area contributed by atoms with Crippen LogP contribution in [0, 0.1) is 13.8 Å². The molecule has 0 aliphatic heterocycles. The second-order valence-corrected chi connectivity index (χ2v) is 3.88. The third-order valence-corrected chi connectivity index (χ3v) is 2.41. The molecule has 2 heterocycles. The predicted molar refractivity (Wildman–Crippen MR) is 67.5 cm³/mol. The fourth-order valence-corrected chi connectivity index (χ4v) is 1.48. The molecule has 2 aromatic heterocycles. The normalized spacial score (nSPS) is 10.4. The highest BCUT2D eigenvalue weighted by molar-refractivity contribution is 5.46. The SMILES string of the molecule is CNc1ncc(C)c(NCCc2noc(C)n2)n1. The van der Waals surface area contributed by atoms with E-state index in [1.165, 1.54) is 0 Å². The molecule has 0 amide bonds. The van der Waals surface area contributed by atoms with E-state index in [0.29, 0.717) is 30.6 Å². The van der Waals surface area contributed by atoms with Gasteiger partial charge in [0, 0.05) is 38.7 Å². The first-order chi connectivity index (χ1) is 8.69. The first-order valence-electron chi connectivity index (χ1n) is 5.73. The van der Waals surface area contributed by atoms with Crippen molar-refractivity contribution >= 4 is 11.8 Å². The molecule has 0 aliphatic carbocycles. The van der Waals surface area contributed by atoms with Crippen LogP contribution in [0.4, 0.5) is 11.8 Å². The lowest BCUT2D eigenvalue weighted by molar-refractivity contribution is 0.387. The minimum absolute atomic E-state index is 0.584. The average molecular weight is 248 g/mol. The number of nitrogens with zero attached hydrogens (tertiary/aromatic N) is 4. The number of hydrogen-bond acceptors (Lipinski definition) is 7. The van der Waals surface area contributed by atoms with E-state index >= 15 is 0 Å². The van der Waals surface area contributed by atoms with Gasteiger partial charge in [-0.15, -0.1) is 0 Å². The van der Waals surface area contributed by atoms with Gasteiger partial charge in [-0.1, -0.05) is 5.16 Å². The zero-order valence-corrected chi connectivity index (χ0v) is 10.7. The fourth-order valence-electron chi connectivity index (χ4n) is 1.48. The van der Waals surface area contributed by atoms with Gasteiger partial charge in [0.25, 0.3) is 0 Å². The zero-order valence-electron chi connectivity index (χ0n) is 10.7. The van der Waals surface area contributed by atoms with E-state index in [0.717, 1.165) is 11.4 Å². The van der Waals surface area contributed by atoms with Gasteiger partial charge in [0.2, 0.25) is 11.8 Å². The molecule has 2 rings (SSSR count). The summed E-state index contributed by atoms with van der Waals surface area (Å²) in [5, 5.41) is 9.97. The molecule has 0 radical (unpaired) electrons. The topological polar surface area (TPSA) is 88.8 Å². The van der Waals surface area contributed by atoms with E-state index in [2.05, 4.69) is 30.7 Å². The quantitative estimate of drug-likeness (QED) is 0.821. The summed E-state index contributed by atoms with van der Waals surface area (Å²) >= 11 is 0. The molecule has 96 valence electrons. The Morgan fingerprint density at radius 2 is 2.11 bits per heavy atom. The number of aryl methyl sites for hydroxylation is 2. The van der Waals surface area contributed by atoms with Gasteiger partial charge in [0.15, 0.2) is 5.82 Å². The summed E-state index contributed by atoms with van der Waals surface area (Å²) in [6.07, 6.45) is 2.47. The van der Waals surface area contributed by atoms with Gasteiger partial charge in [-0.2, -0.15) is 9.97 Å². The van der Waals surface area contributed by atoms with Crippen molar-refractivity contribution in [1.29, 1.82) is 0 Å². The van der Waals surface area contributed by atoms with E-state index in [4.69, 9.17) is 4.52 Å². The lowest BCUT2D eigenvalue weighted by Gasteiger charge is -2.08. The van der Waals surface area contributed by atoms with Gasteiger partial charge in [-0.05, 0) is 6.92 Å². The Hall–Kier alpha value is -2.18. The van der Waals surface area contributed by atoms with Crippen molar-refractivity contribution in [2.24, 2.45) is 0 Å². The lowest BCUT2D eigenvalue weighted by atomic mass is 10.3. The highest BCUT2D eigenvalue weighted by atomic mass is 16.5. The van der Waals surface area contributed by atoms with Gasteiger partial charge in [-0.3, -0.25) is 0 Å². The molecule has 2 aromatic rings. The number of hydrogen-bond donors (Lipinski definition) is 2. The molecule has 0 saturated heterocycles. The van der Waals surface area contributed by atoms with E-state index in [1.54, 1.807) is 20.2 Å². The summed E-state index contributed by atoms with van der Waals surface area (Å²) in [7, 11) is 1.79. The number of rotatable bonds is 5. The van der Waals surface area contributed by atoms with Gasteiger partial charge < -0.3 is 15.2 Å². The average Bonchev–Trinajstić information content (AvgIpc) is 2.77. The maximum absolute atomic E-state index is 4.90. The van der Waals surface area contributed by atoms with Crippen LogP contribution in [0.3, 0.4) is 0 Å². The van der Waals surface area contributed by atoms with Gasteiger partial charge in [0.05, 0.1) is 0 Å². The van der Waals surface area contributed by atoms with Gasteiger partial charge in [0.1, 0.15) is 5.82 Å². The molecule has 7 heteroatoms. The zero-order chi connectivity index (χ0) is 13.0. The van der Waals surface area contributed by atoms with Crippen molar-refractivity contribution in [3.63, 3.8) is 0 Å². The number of anilines is 2. The van der Waals surface area contributed by atoms with Crippen LogP contribution in [-0.4, -0.2) is 33.7 Å². The van der Waals surface area contributed by atoms with E-state index < -0.39 is 0 Å². The van der Waals surface area contributed by atoms with Crippen LogP contribution in [-0.2, 0) is 6.42 Å². The van der Waals surface area contributed by atoms with Crippen molar-refractivity contribution in [3.05, 3.63) is 23.5 Å². The standard InChI is InChI=1S/C11H16N6O/c1-7-6-14-11(12-3)16-10(7)13-5-4-9-15-8(2)18-17-9/h6H,4-5H2,1-3H3,(H2,12,13,14,16). The molecule has 0 unspecified atom stereocenters. The summed E-state index contributed by atoms with van der Waals surface area (Å²) < 4.78 is 4.90. The molecule has 0 atom stereocenters. The molecule has 0 aromatic carbocycles. The molecule has 18 heavy (non-hydrogen) atoms. The Kier molecular flexibility index (Phi) is 3.71. The third kappa shape index (κ3) is 2.93. The molecular weight excluding hydrogens is 232 g/mol. The van der Waals surface area contributed by atoms with Crippen LogP contribution < -0.4 is 10.6 Å². The molecule has 0 fully saturated rings. The summed E-state index contributed by atoms with van der Waals surface area (Å²) in [5.74, 6) is 2.69. The number of aromatic nitrogens is 4. The van der Waals surface area contributed by atoms with Crippen LogP contribution in [0.25, 0.3) is 0 Å². The summed E-state index contributed by atoms with van der Waals surface area (Å²) in [6.45, 7) is 4.43. The maximum Gasteiger partial charge on any atom is 0.224 e. The van der Waals surface area contributed by atoms with Crippen molar-refractivity contribution in [1.82, 2.24) is 20.1 Å². The largest absolute Gasteiger partial charge is 0.369 e. The second kappa shape index (κ2) is 5.44. The first-order valence-corrected chi connectivity index (χ1v) is 5.73. The summed E-state index contributed by atoms with van der Waals surface area (Å²) in [4.78, 5) is 12.6. The van der Waals surface area contributed by atoms with E-state index in [9.17, 15) is 0 Å². The van der Waals surface area contributed by atoms with Crippen molar-refractivity contribution < 1.29 is 4.52 Å². The summed E-state index contributed by atoms with van der Waals surface area (Å²) in [5.41, 5.74) is 0.998. The summed E-state index contributed by atoms with van der Waals surface area (Å²) in [6, 6.07) is 0. The predicted octanol–water partition coefficient (Wildman–Crippen LogP) is 1.17. The van der Waals surface area contributed by atoms with Crippen molar-refractivity contribution in [2.45, 2.75) is 20.3 Å². The maximum atomic E-state index is 4.90. The van der Waals surface area contributed by atoms with E-state index in [-0.39, 0.29) is 0 Å². The van der Waals surface area contributed by atoms with Crippen molar-refractivity contribution in [2.75, 3.05) is 24.2 Å². The first kappa shape index (κ1) is 12.3. The molecule has 7 nitrogen and oxygen atoms in total. The Balaban J connectivity index is 1.93.